The van der Waals surface area contributed by atoms with Crippen molar-refractivity contribution in [2.45, 2.75) is 52.4 Å². The Bertz CT molecular complexity index is 8730. The lowest BCUT2D eigenvalue weighted by atomic mass is 9.80. The van der Waals surface area contributed by atoms with Crippen LogP contribution >= 0.6 is 0 Å². The molecule has 2 heterocycles. The van der Waals surface area contributed by atoms with Crippen LogP contribution in [0.1, 0.15) is 61.1 Å². The summed E-state index contributed by atoms with van der Waals surface area (Å²) >= 11 is 0. The maximum Gasteiger partial charge on any atom is 0.0541 e. The topological polar surface area (TPSA) is 16.3 Å². The van der Waals surface area contributed by atoms with Crippen molar-refractivity contribution in [3.63, 3.8) is 0 Å². The fraction of sp³-hybridized carbons (Fsp3) is 0.0625. The number of aromatic nitrogens is 2. The average molecular weight is 1690 g/mol. The van der Waals surface area contributed by atoms with Gasteiger partial charge in [-0.25, -0.2) is 0 Å². The second-order valence-electron chi connectivity index (χ2n) is 37.1. The second-order valence-corrected chi connectivity index (χ2v) is 37.1. The van der Waals surface area contributed by atoms with E-state index in [4.69, 9.17) is 0 Å². The highest BCUT2D eigenvalue weighted by Crippen LogP contribution is 2.57. The smallest absolute Gasteiger partial charge is 0.0541 e. The molecule has 22 aromatic carbocycles. The van der Waals surface area contributed by atoms with Crippen molar-refractivity contribution in [1.82, 2.24) is 9.13 Å². The normalized spacial score (nSPS) is 12.9. The van der Waals surface area contributed by atoms with Gasteiger partial charge in [0.25, 0.3) is 0 Å². The first-order chi connectivity index (χ1) is 64.8. The molecule has 0 atom stereocenters. The lowest BCUT2D eigenvalue weighted by molar-refractivity contribution is 0.660. The minimum Gasteiger partial charge on any atom is -0.310 e. The summed E-state index contributed by atoms with van der Waals surface area (Å²) in [4.78, 5) is 4.80. The van der Waals surface area contributed by atoms with E-state index in [1.54, 1.807) is 0 Å². The van der Waals surface area contributed by atoms with Crippen molar-refractivity contribution in [3.05, 3.63) is 482 Å². The summed E-state index contributed by atoms with van der Waals surface area (Å²) in [6.07, 6.45) is 0. The van der Waals surface area contributed by atoms with E-state index in [1.165, 1.54) is 208 Å². The van der Waals surface area contributed by atoms with Crippen LogP contribution in [0, 0.1) is 13.8 Å². The van der Waals surface area contributed by atoms with E-state index < -0.39 is 0 Å². The molecule has 624 valence electrons. The molecule has 0 N–H and O–H groups in total. The number of rotatable bonds is 12. The van der Waals surface area contributed by atoms with Gasteiger partial charge in [0.05, 0.1) is 22.1 Å². The lowest BCUT2D eigenvalue weighted by Crippen LogP contribution is -2.16. The highest BCUT2D eigenvalue weighted by molar-refractivity contribution is 6.26. The number of anilines is 6. The van der Waals surface area contributed by atoms with Crippen LogP contribution in [0.3, 0.4) is 0 Å². The van der Waals surface area contributed by atoms with Gasteiger partial charge >= 0.3 is 0 Å². The van der Waals surface area contributed by atoms with E-state index in [-0.39, 0.29) is 10.8 Å². The van der Waals surface area contributed by atoms with Gasteiger partial charge in [-0.05, 0) is 301 Å². The summed E-state index contributed by atoms with van der Waals surface area (Å²) in [5.74, 6) is 0. The van der Waals surface area contributed by atoms with Crippen LogP contribution < -0.4 is 9.80 Å². The monoisotopic (exact) mass is 1680 g/mol. The number of hydrogen-bond acceptors (Lipinski definition) is 2. The summed E-state index contributed by atoms with van der Waals surface area (Å²) in [5.41, 5.74) is 36.8. The quantitative estimate of drug-likeness (QED) is 0.113. The lowest BCUT2D eigenvalue weighted by Gasteiger charge is -2.28. The molecule has 0 aliphatic heterocycles. The van der Waals surface area contributed by atoms with Gasteiger partial charge in [-0.2, -0.15) is 0 Å². The molecule has 24 aromatic rings. The van der Waals surface area contributed by atoms with E-state index in [0.29, 0.717) is 0 Å². The third-order valence-electron chi connectivity index (χ3n) is 28.8. The maximum absolute atomic E-state index is 2.50. The SMILES string of the molecule is Cc1ccc2c(-c3ccc4c(c3)C(C)(C)c3cc(N(c5ccccc5)c5ccc(-n6c7ccccc7c7ccccc76)cc5)ccc3-4)c3ccccc3c(-c3cccc4ccccc34)c2c1.Cc1ccc2c(-c3cccc4ccccc34)c3ccccc3c(-c3ccc4c(c3)C(C)(C)c3cc(N(c5ccccc5)c5ccc(-n6c7ccccc7c7ccccc76)cc5)ccc3-4)c2c1. The molecule has 0 saturated carbocycles. The Hall–Kier alpha value is -16.4. The molecule has 2 aromatic heterocycles. The summed E-state index contributed by atoms with van der Waals surface area (Å²) < 4.78 is 4.77. The van der Waals surface area contributed by atoms with Gasteiger partial charge in [0.2, 0.25) is 0 Å². The van der Waals surface area contributed by atoms with Crippen molar-refractivity contribution in [2.75, 3.05) is 9.80 Å². The van der Waals surface area contributed by atoms with Crippen LogP contribution in [0.5, 0.6) is 0 Å². The molecule has 0 fully saturated rings. The fourth-order valence-corrected chi connectivity index (χ4v) is 22.7. The Morgan fingerprint density at radius 1 is 0.182 bits per heavy atom. The Labute approximate surface area is 768 Å². The van der Waals surface area contributed by atoms with Crippen molar-refractivity contribution in [3.8, 4) is 78.1 Å². The number of benzene rings is 22. The van der Waals surface area contributed by atoms with Gasteiger partial charge in [-0.1, -0.05) is 354 Å². The fourth-order valence-electron chi connectivity index (χ4n) is 22.7. The predicted molar refractivity (Wildman–Crippen MR) is 562 cm³/mol. The molecule has 0 amide bonds. The van der Waals surface area contributed by atoms with Gasteiger partial charge in [-0.3, -0.25) is 0 Å². The van der Waals surface area contributed by atoms with E-state index in [1.807, 2.05) is 0 Å². The third kappa shape index (κ3) is 12.3. The highest BCUT2D eigenvalue weighted by atomic mass is 15.2. The first-order valence-corrected chi connectivity index (χ1v) is 46.2. The highest BCUT2D eigenvalue weighted by Gasteiger charge is 2.39. The minimum absolute atomic E-state index is 0.246. The largest absolute Gasteiger partial charge is 0.310 e. The Balaban J connectivity index is 0.000000142. The van der Waals surface area contributed by atoms with Crippen LogP contribution in [0.2, 0.25) is 0 Å². The maximum atomic E-state index is 2.50. The van der Waals surface area contributed by atoms with Crippen molar-refractivity contribution in [2.24, 2.45) is 0 Å². The molecule has 0 spiro atoms. The third-order valence-corrected chi connectivity index (χ3v) is 28.8. The molecular formula is C128H92N4. The standard InChI is InChI=1S/2C64H46N2/c1-41-28-35-56-57(38-41)62(54-23-9-10-24-55(54)63(56)53-25-15-17-42-16-7-8-20-48(42)53)43-29-36-49-50-37-34-47(40-59(50)64(2,3)58(49)39-43)65(44-18-5-4-6-19-44)45-30-32-46(33-31-45)66-60-26-13-11-21-51(60)52-22-12-14-27-61(52)66;1-41-28-35-56-57(38-41)63(53-25-15-17-42-16-7-8-20-48(42)53)55-24-10-9-23-54(55)62(56)43-29-36-49-50-37-34-47(40-59(50)64(2,3)58(49)39-43)65(44-18-5-4-6-19-44)45-30-32-46(33-31-45)66-60-26-13-11-21-51(60)52-22-12-14-27-61(52)66/h2*4-40H,1-3H3. The van der Waals surface area contributed by atoms with E-state index in [2.05, 4.69) is 509 Å². The van der Waals surface area contributed by atoms with Crippen molar-refractivity contribution in [1.29, 1.82) is 0 Å². The van der Waals surface area contributed by atoms with E-state index >= 15 is 0 Å². The first-order valence-electron chi connectivity index (χ1n) is 46.2. The zero-order valence-electron chi connectivity index (χ0n) is 74.5. The molecule has 4 nitrogen and oxygen atoms in total. The van der Waals surface area contributed by atoms with Gasteiger partial charge in [0.1, 0.15) is 0 Å². The molecule has 0 unspecified atom stereocenters. The van der Waals surface area contributed by atoms with Crippen LogP contribution in [-0.4, -0.2) is 9.13 Å². The van der Waals surface area contributed by atoms with Gasteiger partial charge in [0, 0.05) is 77.9 Å². The van der Waals surface area contributed by atoms with Gasteiger partial charge < -0.3 is 18.9 Å². The van der Waals surface area contributed by atoms with Crippen LogP contribution in [-0.2, 0) is 10.8 Å². The van der Waals surface area contributed by atoms with Crippen LogP contribution in [0.4, 0.5) is 34.1 Å². The summed E-state index contributed by atoms with van der Waals surface area (Å²) in [5, 5.41) is 20.4. The van der Waals surface area contributed by atoms with Crippen molar-refractivity contribution >= 4 is 142 Å². The molecule has 4 heteroatoms. The minimum atomic E-state index is -0.246. The zero-order valence-corrected chi connectivity index (χ0v) is 74.5. The molecule has 0 saturated heterocycles. The number of hydrogen-bond donors (Lipinski definition) is 0. The average Bonchev–Trinajstić information content (AvgIpc) is 1.49. The van der Waals surface area contributed by atoms with E-state index in [9.17, 15) is 0 Å². The first kappa shape index (κ1) is 77.9. The van der Waals surface area contributed by atoms with Gasteiger partial charge in [-0.15, -0.1) is 0 Å². The molecule has 2 aliphatic rings. The van der Waals surface area contributed by atoms with Crippen LogP contribution in [0.25, 0.3) is 186 Å². The molecule has 0 radical (unpaired) electrons. The number of para-hydroxylation sites is 6. The Morgan fingerprint density at radius 3 is 0.848 bits per heavy atom. The molecule has 26 rings (SSSR count). The Kier molecular flexibility index (Phi) is 18.1. The molecular weight excluding hydrogens is 1590 g/mol. The molecule has 2 aliphatic carbocycles. The summed E-state index contributed by atoms with van der Waals surface area (Å²) in [6, 6.07) is 166. The molecule has 132 heavy (non-hydrogen) atoms. The number of fused-ring (bicyclic) bond motifs is 18. The zero-order chi connectivity index (χ0) is 88.2. The van der Waals surface area contributed by atoms with Crippen LogP contribution in [0.15, 0.2) is 449 Å². The van der Waals surface area contributed by atoms with E-state index in [0.717, 1.165) is 45.5 Å². The summed E-state index contributed by atoms with van der Waals surface area (Å²) in [6.45, 7) is 14.1. The molecule has 0 bridgehead atoms. The number of aryl methyl sites for hydroxylation is 2. The Morgan fingerprint density at radius 2 is 0.455 bits per heavy atom. The predicted octanol–water partition coefficient (Wildman–Crippen LogP) is 35.3. The number of nitrogens with zero attached hydrogens (tertiary/aromatic N) is 4. The second kappa shape index (κ2) is 30.7. The van der Waals surface area contributed by atoms with Gasteiger partial charge in [0.15, 0.2) is 0 Å². The van der Waals surface area contributed by atoms with Crippen molar-refractivity contribution < 1.29 is 0 Å². The summed E-state index contributed by atoms with van der Waals surface area (Å²) in [7, 11) is 0.